The van der Waals surface area contributed by atoms with Gasteiger partial charge in [-0.2, -0.15) is 0 Å². The van der Waals surface area contributed by atoms with Gasteiger partial charge in [-0.05, 0) is 74.5 Å². The lowest BCUT2D eigenvalue weighted by atomic mass is 10.2. The van der Waals surface area contributed by atoms with Crippen molar-refractivity contribution in [2.75, 3.05) is 26.2 Å². The molecule has 1 unspecified atom stereocenters. The molecule has 0 aliphatic carbocycles. The van der Waals surface area contributed by atoms with Crippen molar-refractivity contribution in [1.82, 2.24) is 24.6 Å². The fraction of sp³-hybridized carbons (Fsp3) is 0.409. The minimum absolute atomic E-state index is 0.115. The van der Waals surface area contributed by atoms with Crippen LogP contribution in [0.5, 0.6) is 0 Å². The first-order chi connectivity index (χ1) is 14.7. The number of rotatable bonds is 5. The van der Waals surface area contributed by atoms with Crippen LogP contribution < -0.4 is 0 Å². The first-order valence-electron chi connectivity index (χ1n) is 10.5. The van der Waals surface area contributed by atoms with Gasteiger partial charge in [-0.3, -0.25) is 4.79 Å². The van der Waals surface area contributed by atoms with Gasteiger partial charge in [0.05, 0.1) is 10.6 Å². The smallest absolute Gasteiger partial charge is 0.293 e. The molecule has 2 fully saturated rings. The van der Waals surface area contributed by atoms with E-state index in [2.05, 4.69) is 15.0 Å². The monoisotopic (exact) mass is 425 g/mol. The average molecular weight is 426 g/mol. The van der Waals surface area contributed by atoms with Crippen LogP contribution in [0.25, 0.3) is 16.4 Å². The van der Waals surface area contributed by atoms with Gasteiger partial charge in [0.15, 0.2) is 5.82 Å². The molecule has 1 atom stereocenters. The van der Waals surface area contributed by atoms with Crippen molar-refractivity contribution < 1.29 is 9.18 Å². The van der Waals surface area contributed by atoms with Crippen LogP contribution in [0.2, 0.25) is 0 Å². The van der Waals surface area contributed by atoms with Crippen molar-refractivity contribution >= 4 is 17.2 Å². The predicted octanol–water partition coefficient (Wildman–Crippen LogP) is 3.84. The van der Waals surface area contributed by atoms with E-state index in [0.717, 1.165) is 43.9 Å². The minimum Gasteiger partial charge on any atom is -0.332 e. The predicted molar refractivity (Wildman–Crippen MR) is 114 cm³/mol. The van der Waals surface area contributed by atoms with Crippen LogP contribution in [0.15, 0.2) is 41.8 Å². The molecular weight excluding hydrogens is 401 g/mol. The van der Waals surface area contributed by atoms with Crippen molar-refractivity contribution in [3.8, 4) is 16.4 Å². The lowest BCUT2D eigenvalue weighted by molar-refractivity contribution is 0.0696. The van der Waals surface area contributed by atoms with E-state index in [1.165, 1.54) is 36.3 Å². The highest BCUT2D eigenvalue weighted by atomic mass is 32.1. The molecule has 3 aromatic rings. The summed E-state index contributed by atoms with van der Waals surface area (Å²) >= 11 is 1.54. The molecule has 0 spiro atoms. The van der Waals surface area contributed by atoms with Gasteiger partial charge >= 0.3 is 0 Å². The van der Waals surface area contributed by atoms with Gasteiger partial charge in [0.2, 0.25) is 5.82 Å². The maximum Gasteiger partial charge on any atom is 0.293 e. The Labute approximate surface area is 178 Å². The van der Waals surface area contributed by atoms with Crippen molar-refractivity contribution in [2.45, 2.75) is 31.7 Å². The molecular formula is C22H24FN5OS. The van der Waals surface area contributed by atoms with Crippen LogP contribution in [-0.2, 0) is 0 Å². The van der Waals surface area contributed by atoms with Gasteiger partial charge in [-0.1, -0.05) is 6.07 Å². The maximum atomic E-state index is 13.4. The van der Waals surface area contributed by atoms with E-state index in [1.54, 1.807) is 16.8 Å². The summed E-state index contributed by atoms with van der Waals surface area (Å²) in [5.74, 6) is 0.385. The molecule has 2 aromatic heterocycles. The number of benzene rings is 1. The lowest BCUT2D eigenvalue weighted by Gasteiger charge is -2.27. The summed E-state index contributed by atoms with van der Waals surface area (Å²) in [6.07, 6.45) is 4.53. The van der Waals surface area contributed by atoms with Crippen molar-refractivity contribution in [2.24, 2.45) is 0 Å². The van der Waals surface area contributed by atoms with E-state index >= 15 is 0 Å². The number of likely N-dealkylation sites (tertiary alicyclic amines) is 2. The molecule has 156 valence electrons. The SMILES string of the molecule is O=C(c1nc(-c2cccs2)n(-c2ccc(F)cc2)n1)N1CCCC1CN1CCCC1. The number of carbonyl (C=O) groups is 1. The van der Waals surface area contributed by atoms with E-state index in [9.17, 15) is 9.18 Å². The molecule has 30 heavy (non-hydrogen) atoms. The molecule has 4 heterocycles. The second-order valence-electron chi connectivity index (χ2n) is 7.93. The Morgan fingerprint density at radius 2 is 1.90 bits per heavy atom. The van der Waals surface area contributed by atoms with Crippen molar-refractivity contribution in [1.29, 1.82) is 0 Å². The molecule has 2 aliphatic heterocycles. The van der Waals surface area contributed by atoms with Crippen LogP contribution in [0.4, 0.5) is 4.39 Å². The van der Waals surface area contributed by atoms with E-state index < -0.39 is 0 Å². The van der Waals surface area contributed by atoms with Crippen LogP contribution in [0.1, 0.15) is 36.3 Å². The van der Waals surface area contributed by atoms with Gasteiger partial charge in [-0.15, -0.1) is 16.4 Å². The maximum absolute atomic E-state index is 13.4. The fourth-order valence-corrected chi connectivity index (χ4v) is 5.11. The Bertz CT molecular complexity index is 1010. The zero-order valence-electron chi connectivity index (χ0n) is 16.7. The van der Waals surface area contributed by atoms with Gasteiger partial charge in [0.25, 0.3) is 5.91 Å². The minimum atomic E-state index is -0.310. The summed E-state index contributed by atoms with van der Waals surface area (Å²) in [4.78, 5) is 23.3. The second kappa shape index (κ2) is 8.28. The van der Waals surface area contributed by atoms with Crippen LogP contribution in [-0.4, -0.2) is 62.7 Å². The summed E-state index contributed by atoms with van der Waals surface area (Å²) in [7, 11) is 0. The molecule has 0 N–H and O–H groups in total. The third kappa shape index (κ3) is 3.77. The number of amides is 1. The first kappa shape index (κ1) is 19.4. The Morgan fingerprint density at radius 1 is 1.10 bits per heavy atom. The second-order valence-corrected chi connectivity index (χ2v) is 8.87. The van der Waals surface area contributed by atoms with Crippen molar-refractivity contribution in [3.05, 3.63) is 53.4 Å². The molecule has 8 heteroatoms. The zero-order valence-corrected chi connectivity index (χ0v) is 17.5. The van der Waals surface area contributed by atoms with E-state index in [0.29, 0.717) is 11.5 Å². The molecule has 5 rings (SSSR count). The van der Waals surface area contributed by atoms with E-state index in [-0.39, 0.29) is 23.6 Å². The number of carbonyl (C=O) groups excluding carboxylic acids is 1. The molecule has 2 saturated heterocycles. The molecule has 1 aromatic carbocycles. The van der Waals surface area contributed by atoms with Gasteiger partial charge < -0.3 is 9.80 Å². The normalized spacial score (nSPS) is 19.6. The highest BCUT2D eigenvalue weighted by Crippen LogP contribution is 2.27. The standard InChI is InChI=1S/C22H24FN5OS/c23-16-7-9-17(10-8-16)28-21(19-6-4-14-30-19)24-20(25-28)22(29)27-13-3-5-18(27)15-26-11-1-2-12-26/h4,6-10,14,18H,1-3,5,11-13,15H2. The Hall–Kier alpha value is -2.58. The third-order valence-corrected chi connectivity index (χ3v) is 6.78. The van der Waals surface area contributed by atoms with Crippen LogP contribution in [0, 0.1) is 5.82 Å². The number of thiophene rings is 1. The number of halogens is 1. The number of aromatic nitrogens is 3. The van der Waals surface area contributed by atoms with Gasteiger partial charge in [0, 0.05) is 19.1 Å². The molecule has 0 bridgehead atoms. The highest BCUT2D eigenvalue weighted by molar-refractivity contribution is 7.13. The third-order valence-electron chi connectivity index (χ3n) is 5.92. The first-order valence-corrected chi connectivity index (χ1v) is 11.4. The molecule has 6 nitrogen and oxygen atoms in total. The fourth-order valence-electron chi connectivity index (χ4n) is 4.41. The quantitative estimate of drug-likeness (QED) is 0.623. The van der Waals surface area contributed by atoms with E-state index in [4.69, 9.17) is 0 Å². The summed E-state index contributed by atoms with van der Waals surface area (Å²) < 4.78 is 15.1. The van der Waals surface area contributed by atoms with Gasteiger partial charge in [-0.25, -0.2) is 14.1 Å². The summed E-state index contributed by atoms with van der Waals surface area (Å²) in [5, 5.41) is 6.53. The lowest BCUT2D eigenvalue weighted by Crippen LogP contribution is -2.43. The largest absolute Gasteiger partial charge is 0.332 e. The highest BCUT2D eigenvalue weighted by Gasteiger charge is 2.34. The average Bonchev–Trinajstić information content (AvgIpc) is 3.54. The zero-order chi connectivity index (χ0) is 20.5. The molecule has 2 aliphatic rings. The Balaban J connectivity index is 1.45. The topological polar surface area (TPSA) is 54.3 Å². The van der Waals surface area contributed by atoms with Crippen molar-refractivity contribution in [3.63, 3.8) is 0 Å². The van der Waals surface area contributed by atoms with Crippen LogP contribution in [0.3, 0.4) is 0 Å². The Morgan fingerprint density at radius 3 is 2.63 bits per heavy atom. The summed E-state index contributed by atoms with van der Waals surface area (Å²) in [5.41, 5.74) is 0.682. The molecule has 1 amide bonds. The molecule has 0 radical (unpaired) electrons. The number of hydrogen-bond donors (Lipinski definition) is 0. The summed E-state index contributed by atoms with van der Waals surface area (Å²) in [6, 6.07) is 10.2. The van der Waals surface area contributed by atoms with E-state index in [1.807, 2.05) is 22.4 Å². The van der Waals surface area contributed by atoms with Crippen LogP contribution >= 0.6 is 11.3 Å². The Kier molecular flexibility index (Phi) is 5.35. The number of hydrogen-bond acceptors (Lipinski definition) is 5. The number of nitrogens with zero attached hydrogens (tertiary/aromatic N) is 5. The van der Waals surface area contributed by atoms with Gasteiger partial charge in [0.1, 0.15) is 5.82 Å². The summed E-state index contributed by atoms with van der Waals surface area (Å²) in [6.45, 7) is 3.93. The molecule has 0 saturated carbocycles.